The highest BCUT2D eigenvalue weighted by atomic mass is 16.5. The highest BCUT2D eigenvalue weighted by Crippen LogP contribution is 2.33. The normalized spacial score (nSPS) is 15.6. The fourth-order valence-electron chi connectivity index (χ4n) is 3.57. The van der Waals surface area contributed by atoms with Gasteiger partial charge in [0.15, 0.2) is 0 Å². The van der Waals surface area contributed by atoms with Gasteiger partial charge in [-0.05, 0) is 41.8 Å². The summed E-state index contributed by atoms with van der Waals surface area (Å²) >= 11 is 0. The predicted molar refractivity (Wildman–Crippen MR) is 110 cm³/mol. The van der Waals surface area contributed by atoms with E-state index in [0.29, 0.717) is 12.5 Å². The average molecular weight is 381 g/mol. The lowest BCUT2D eigenvalue weighted by atomic mass is 9.97. The number of carbonyl (C=O) groups is 1. The van der Waals surface area contributed by atoms with Crippen LogP contribution in [0.2, 0.25) is 0 Å². The van der Waals surface area contributed by atoms with Gasteiger partial charge in [0, 0.05) is 37.3 Å². The van der Waals surface area contributed by atoms with Crippen molar-refractivity contribution in [2.75, 3.05) is 31.6 Å². The molecule has 28 heavy (non-hydrogen) atoms. The minimum atomic E-state index is -0.554. The number of amides is 1. The van der Waals surface area contributed by atoms with Gasteiger partial charge in [-0.1, -0.05) is 42.5 Å². The molecule has 0 aliphatic carbocycles. The van der Waals surface area contributed by atoms with Crippen molar-refractivity contribution in [2.45, 2.75) is 18.9 Å². The molecule has 1 unspecified atom stereocenters. The number of rotatable bonds is 9. The maximum atomic E-state index is 11.0. The van der Waals surface area contributed by atoms with E-state index in [1.54, 1.807) is 11.6 Å². The van der Waals surface area contributed by atoms with Gasteiger partial charge >= 0.3 is 0 Å². The van der Waals surface area contributed by atoms with E-state index in [2.05, 4.69) is 34.5 Å². The summed E-state index contributed by atoms with van der Waals surface area (Å²) < 4.78 is 0. The quantitative estimate of drug-likeness (QED) is 0.305. The Morgan fingerprint density at radius 3 is 2.71 bits per heavy atom. The number of aliphatic hydroxyl groups is 1. The second-order valence-electron chi connectivity index (χ2n) is 7.00. The third kappa shape index (κ3) is 5.42. The molecule has 6 nitrogen and oxygen atoms in total. The lowest BCUT2D eigenvalue weighted by molar-refractivity contribution is -0.124. The van der Waals surface area contributed by atoms with Crippen LogP contribution in [-0.2, 0) is 11.3 Å². The van der Waals surface area contributed by atoms with Crippen LogP contribution in [0.1, 0.15) is 29.0 Å². The number of hydrogen-bond donors (Lipinski definition) is 4. The zero-order chi connectivity index (χ0) is 19.8. The van der Waals surface area contributed by atoms with Gasteiger partial charge in [-0.25, -0.2) is 5.48 Å². The molecule has 1 aliphatic rings. The number of hydrogen-bond acceptors (Lipinski definition) is 5. The molecule has 0 saturated heterocycles. The smallest absolute Gasteiger partial charge is 0.267 e. The number of para-hydroxylation sites is 1. The predicted octanol–water partition coefficient (Wildman–Crippen LogP) is 2.60. The maximum absolute atomic E-state index is 11.0. The summed E-state index contributed by atoms with van der Waals surface area (Å²) in [5.74, 6) is -0.0521. The summed E-state index contributed by atoms with van der Waals surface area (Å²) in [5, 5.41) is 21.4. The number of hydroxylamine groups is 1. The van der Waals surface area contributed by atoms with Crippen molar-refractivity contribution in [2.24, 2.45) is 0 Å². The van der Waals surface area contributed by atoms with Crippen molar-refractivity contribution in [1.82, 2.24) is 10.4 Å². The number of aliphatic hydroxyl groups excluding tert-OH is 1. The molecule has 0 fully saturated rings. The minimum absolute atomic E-state index is 0.136. The fourth-order valence-corrected chi connectivity index (χ4v) is 3.57. The van der Waals surface area contributed by atoms with Crippen LogP contribution in [0, 0.1) is 0 Å². The Morgan fingerprint density at radius 1 is 1.18 bits per heavy atom. The molecular formula is C22H27N3O3. The number of fused-ring (bicyclic) bond motifs is 1. The van der Waals surface area contributed by atoms with Gasteiger partial charge in [0.2, 0.25) is 0 Å². The molecule has 0 aromatic heterocycles. The zero-order valence-corrected chi connectivity index (χ0v) is 15.8. The summed E-state index contributed by atoms with van der Waals surface area (Å²) in [4.78, 5) is 13.3. The Bertz CT molecular complexity index is 805. The Balaban J connectivity index is 1.56. The molecule has 0 radical (unpaired) electrons. The first-order chi connectivity index (χ1) is 13.7. The molecule has 2 aromatic rings. The minimum Gasteiger partial charge on any atom is -0.395 e. The lowest BCUT2D eigenvalue weighted by Gasteiger charge is -2.23. The van der Waals surface area contributed by atoms with E-state index >= 15 is 0 Å². The van der Waals surface area contributed by atoms with Crippen LogP contribution in [0.4, 0.5) is 5.69 Å². The highest BCUT2D eigenvalue weighted by molar-refractivity contribution is 5.90. The van der Waals surface area contributed by atoms with Gasteiger partial charge in [0.25, 0.3) is 5.91 Å². The van der Waals surface area contributed by atoms with Crippen LogP contribution in [0.15, 0.2) is 54.6 Å². The third-order valence-electron chi connectivity index (χ3n) is 5.07. The van der Waals surface area contributed by atoms with Crippen LogP contribution in [0.5, 0.6) is 0 Å². The largest absolute Gasteiger partial charge is 0.395 e. The molecule has 2 aromatic carbocycles. The van der Waals surface area contributed by atoms with Gasteiger partial charge in [-0.15, -0.1) is 0 Å². The number of anilines is 1. The topological polar surface area (TPSA) is 84.8 Å². The van der Waals surface area contributed by atoms with Crippen molar-refractivity contribution in [3.8, 4) is 0 Å². The van der Waals surface area contributed by atoms with Crippen molar-refractivity contribution in [1.29, 1.82) is 0 Å². The summed E-state index contributed by atoms with van der Waals surface area (Å²) in [6, 6.07) is 16.4. The number of carbonyl (C=O) groups excluding carboxylic acids is 1. The molecule has 4 N–H and O–H groups in total. The van der Waals surface area contributed by atoms with E-state index in [9.17, 15) is 9.90 Å². The number of benzene rings is 2. The summed E-state index contributed by atoms with van der Waals surface area (Å²) in [6.45, 7) is 3.43. The standard InChI is InChI=1S/C22H27N3O3/c26-14-13-25(12-11-19-15-23-21-4-2-1-3-20(19)21)16-18-7-5-17(6-8-18)9-10-22(27)24-28/h1-10,19,23,26,28H,11-16H2,(H,24,27). The molecule has 1 amide bonds. The molecule has 1 atom stereocenters. The van der Waals surface area contributed by atoms with Crippen molar-refractivity contribution in [3.05, 3.63) is 71.3 Å². The fraction of sp³-hybridized carbons (Fsp3) is 0.318. The van der Waals surface area contributed by atoms with E-state index in [0.717, 1.165) is 37.2 Å². The van der Waals surface area contributed by atoms with Gasteiger partial charge in [0.05, 0.1) is 6.61 Å². The monoisotopic (exact) mass is 381 g/mol. The molecule has 0 bridgehead atoms. The van der Waals surface area contributed by atoms with Crippen LogP contribution >= 0.6 is 0 Å². The van der Waals surface area contributed by atoms with E-state index in [1.165, 1.54) is 17.3 Å². The van der Waals surface area contributed by atoms with Gasteiger partial charge < -0.3 is 10.4 Å². The molecule has 148 valence electrons. The van der Waals surface area contributed by atoms with Crippen molar-refractivity contribution < 1.29 is 15.1 Å². The van der Waals surface area contributed by atoms with Gasteiger partial charge in [-0.2, -0.15) is 0 Å². The molecule has 1 heterocycles. The highest BCUT2D eigenvalue weighted by Gasteiger charge is 2.22. The Morgan fingerprint density at radius 2 is 1.96 bits per heavy atom. The summed E-state index contributed by atoms with van der Waals surface area (Å²) in [7, 11) is 0. The Labute approximate surface area is 165 Å². The zero-order valence-electron chi connectivity index (χ0n) is 15.8. The number of nitrogens with zero attached hydrogens (tertiary/aromatic N) is 1. The van der Waals surface area contributed by atoms with Crippen LogP contribution < -0.4 is 10.8 Å². The first-order valence-electron chi connectivity index (χ1n) is 9.56. The lowest BCUT2D eigenvalue weighted by Crippen LogP contribution is -2.28. The molecule has 6 heteroatoms. The van der Waals surface area contributed by atoms with Crippen LogP contribution in [0.25, 0.3) is 6.08 Å². The average Bonchev–Trinajstić information content (AvgIpc) is 3.14. The van der Waals surface area contributed by atoms with Crippen molar-refractivity contribution in [3.63, 3.8) is 0 Å². The molecule has 3 rings (SSSR count). The second kappa shape index (κ2) is 10.0. The molecular weight excluding hydrogens is 354 g/mol. The second-order valence-corrected chi connectivity index (χ2v) is 7.00. The van der Waals surface area contributed by atoms with Gasteiger partial charge in [0.1, 0.15) is 0 Å². The Kier molecular flexibility index (Phi) is 7.19. The van der Waals surface area contributed by atoms with Crippen LogP contribution in [0.3, 0.4) is 0 Å². The van der Waals surface area contributed by atoms with Crippen LogP contribution in [-0.4, -0.2) is 47.4 Å². The summed E-state index contributed by atoms with van der Waals surface area (Å²) in [5.41, 5.74) is 6.23. The van der Waals surface area contributed by atoms with Gasteiger partial charge in [-0.3, -0.25) is 14.9 Å². The Hall–Kier alpha value is -2.67. The third-order valence-corrected chi connectivity index (χ3v) is 5.07. The van der Waals surface area contributed by atoms with E-state index < -0.39 is 5.91 Å². The molecule has 1 aliphatic heterocycles. The first-order valence-corrected chi connectivity index (χ1v) is 9.56. The maximum Gasteiger partial charge on any atom is 0.267 e. The molecule has 0 spiro atoms. The van der Waals surface area contributed by atoms with E-state index in [-0.39, 0.29) is 6.61 Å². The van der Waals surface area contributed by atoms with E-state index in [4.69, 9.17) is 5.21 Å². The van der Waals surface area contributed by atoms with E-state index in [1.807, 2.05) is 24.3 Å². The summed E-state index contributed by atoms with van der Waals surface area (Å²) in [6.07, 6.45) is 3.97. The molecule has 0 saturated carbocycles. The van der Waals surface area contributed by atoms with Crippen molar-refractivity contribution >= 4 is 17.7 Å². The first kappa shape index (κ1) is 20.1. The number of nitrogens with one attached hydrogen (secondary N) is 2. The SMILES string of the molecule is O=C(C=Cc1ccc(CN(CCO)CCC2CNc3ccccc32)cc1)NO.